The van der Waals surface area contributed by atoms with Crippen molar-refractivity contribution >= 4 is 23.7 Å². The van der Waals surface area contributed by atoms with Gasteiger partial charge in [-0.3, -0.25) is 14.4 Å². The molecule has 0 aromatic carbocycles. The zero-order valence-corrected chi connectivity index (χ0v) is 20.8. The molecule has 10 nitrogen and oxygen atoms in total. The van der Waals surface area contributed by atoms with Crippen LogP contribution < -0.4 is 16.4 Å². The summed E-state index contributed by atoms with van der Waals surface area (Å²) in [5.41, 5.74) is 5.69. The lowest BCUT2D eigenvalue weighted by molar-refractivity contribution is -0.147. The molecule has 6 atom stereocenters. The fourth-order valence-corrected chi connectivity index (χ4v) is 4.18. The summed E-state index contributed by atoms with van der Waals surface area (Å²) in [5, 5.41) is 14.9. The molecule has 0 aliphatic carbocycles. The van der Waals surface area contributed by atoms with Gasteiger partial charge in [0.2, 0.25) is 17.7 Å². The van der Waals surface area contributed by atoms with Crippen LogP contribution in [-0.4, -0.2) is 57.9 Å². The molecule has 4 unspecified atom stereocenters. The van der Waals surface area contributed by atoms with Crippen LogP contribution in [0.5, 0.6) is 0 Å². The molecule has 1 fully saturated rings. The van der Waals surface area contributed by atoms with Crippen molar-refractivity contribution < 1.29 is 28.7 Å². The number of nitrogens with two attached hydrogens (primary N) is 1. The fraction of sp³-hybridized carbons (Fsp3) is 0.667. The summed E-state index contributed by atoms with van der Waals surface area (Å²) in [6, 6.07) is -0.646. The molecule has 34 heavy (non-hydrogen) atoms. The van der Waals surface area contributed by atoms with Crippen molar-refractivity contribution in [1.82, 2.24) is 15.5 Å². The van der Waals surface area contributed by atoms with Gasteiger partial charge >= 0.3 is 5.97 Å². The molecular formula is C24H38N4O6. The van der Waals surface area contributed by atoms with Crippen LogP contribution in [0.25, 0.3) is 0 Å². The SMILES string of the molecule is CCC(C)C(NC(=O)[C@@H]1CC[C@H](c2ccc(C)o2)N1C(=O)C(NC(=O)C(C)N)C(C)C)C(=O)O. The van der Waals surface area contributed by atoms with E-state index in [0.717, 1.165) is 0 Å². The quantitative estimate of drug-likeness (QED) is 0.399. The first-order valence-corrected chi connectivity index (χ1v) is 11.9. The zero-order valence-electron chi connectivity index (χ0n) is 20.8. The molecule has 5 N–H and O–H groups in total. The minimum Gasteiger partial charge on any atom is -0.480 e. The minimum atomic E-state index is -1.12. The van der Waals surface area contributed by atoms with Gasteiger partial charge in [-0.05, 0) is 50.7 Å². The smallest absolute Gasteiger partial charge is 0.326 e. The van der Waals surface area contributed by atoms with E-state index in [4.69, 9.17) is 10.2 Å². The molecule has 2 rings (SSSR count). The van der Waals surface area contributed by atoms with Gasteiger partial charge in [-0.15, -0.1) is 0 Å². The lowest BCUT2D eigenvalue weighted by Gasteiger charge is -2.34. The maximum Gasteiger partial charge on any atom is 0.326 e. The van der Waals surface area contributed by atoms with Gasteiger partial charge < -0.3 is 30.8 Å². The van der Waals surface area contributed by atoms with Gasteiger partial charge in [0.1, 0.15) is 29.6 Å². The number of aryl methyl sites for hydroxylation is 1. The van der Waals surface area contributed by atoms with E-state index in [1.807, 2.05) is 6.92 Å². The van der Waals surface area contributed by atoms with Crippen molar-refractivity contribution in [3.63, 3.8) is 0 Å². The Labute approximate surface area is 200 Å². The van der Waals surface area contributed by atoms with Crippen molar-refractivity contribution in [2.45, 2.75) is 91.0 Å². The Morgan fingerprint density at radius 3 is 2.24 bits per heavy atom. The molecule has 1 aromatic heterocycles. The molecule has 0 radical (unpaired) electrons. The summed E-state index contributed by atoms with van der Waals surface area (Å²) in [6.07, 6.45) is 1.36. The second-order valence-corrected chi connectivity index (χ2v) is 9.53. The maximum absolute atomic E-state index is 13.8. The van der Waals surface area contributed by atoms with E-state index in [0.29, 0.717) is 30.8 Å². The number of hydrogen-bond acceptors (Lipinski definition) is 6. The van der Waals surface area contributed by atoms with Gasteiger partial charge in [0.15, 0.2) is 0 Å². The number of carboxylic acids is 1. The van der Waals surface area contributed by atoms with Gasteiger partial charge in [0.05, 0.1) is 12.1 Å². The number of nitrogens with zero attached hydrogens (tertiary/aromatic N) is 1. The average Bonchev–Trinajstić information content (AvgIpc) is 3.40. The lowest BCUT2D eigenvalue weighted by Crippen LogP contribution is -2.58. The number of carboxylic acid groups (broad SMARTS) is 1. The molecule has 0 saturated carbocycles. The van der Waals surface area contributed by atoms with Crippen molar-refractivity contribution in [2.75, 3.05) is 0 Å². The van der Waals surface area contributed by atoms with E-state index in [1.54, 1.807) is 39.8 Å². The molecule has 1 aliphatic rings. The van der Waals surface area contributed by atoms with E-state index in [2.05, 4.69) is 10.6 Å². The topological polar surface area (TPSA) is 155 Å². The molecular weight excluding hydrogens is 440 g/mol. The standard InChI is InChI=1S/C24H38N4O6/c1-7-13(4)20(24(32)33)27-22(30)17-10-9-16(18-11-8-14(5)34-18)28(17)23(31)19(12(2)3)26-21(29)15(6)25/h8,11-13,15-17,19-20H,7,9-10,25H2,1-6H3,(H,26,29)(H,27,30)(H,32,33)/t13?,15?,16-,17+,19?,20?/m1/s1. The Balaban J connectivity index is 2.41. The van der Waals surface area contributed by atoms with Gasteiger partial charge in [-0.1, -0.05) is 34.1 Å². The van der Waals surface area contributed by atoms with Gasteiger partial charge in [0, 0.05) is 0 Å². The third-order valence-corrected chi connectivity index (χ3v) is 6.45. The Bertz CT molecular complexity index is 896. The number of furan rings is 1. The molecule has 0 bridgehead atoms. The number of nitrogens with one attached hydrogen (secondary N) is 2. The van der Waals surface area contributed by atoms with Crippen molar-refractivity contribution in [2.24, 2.45) is 17.6 Å². The third-order valence-electron chi connectivity index (χ3n) is 6.45. The van der Waals surface area contributed by atoms with Crippen molar-refractivity contribution in [1.29, 1.82) is 0 Å². The lowest BCUT2D eigenvalue weighted by atomic mass is 9.98. The van der Waals surface area contributed by atoms with E-state index < -0.39 is 53.9 Å². The van der Waals surface area contributed by atoms with Crippen LogP contribution in [0.3, 0.4) is 0 Å². The fourth-order valence-electron chi connectivity index (χ4n) is 4.18. The third kappa shape index (κ3) is 6.16. The zero-order chi connectivity index (χ0) is 25.7. The Hall–Kier alpha value is -2.88. The highest BCUT2D eigenvalue weighted by Crippen LogP contribution is 2.38. The van der Waals surface area contributed by atoms with Crippen LogP contribution in [0.2, 0.25) is 0 Å². The van der Waals surface area contributed by atoms with Crippen molar-refractivity contribution in [3.05, 3.63) is 23.7 Å². The van der Waals surface area contributed by atoms with Crippen LogP contribution in [0.4, 0.5) is 0 Å². The van der Waals surface area contributed by atoms with Gasteiger partial charge in [0.25, 0.3) is 0 Å². The van der Waals surface area contributed by atoms with Gasteiger partial charge in [-0.2, -0.15) is 0 Å². The Kier molecular flexibility index (Phi) is 9.26. The number of carbonyl (C=O) groups excluding carboxylic acids is 3. The Morgan fingerprint density at radius 1 is 1.12 bits per heavy atom. The van der Waals surface area contributed by atoms with Gasteiger partial charge in [-0.25, -0.2) is 4.79 Å². The summed E-state index contributed by atoms with van der Waals surface area (Å²) in [7, 11) is 0. The van der Waals surface area contributed by atoms with E-state index in [9.17, 15) is 24.3 Å². The number of hydrogen-bond donors (Lipinski definition) is 4. The number of likely N-dealkylation sites (tertiary alicyclic amines) is 1. The predicted octanol–water partition coefficient (Wildman–Crippen LogP) is 1.72. The molecule has 10 heteroatoms. The molecule has 3 amide bonds. The number of aliphatic carboxylic acids is 1. The highest BCUT2D eigenvalue weighted by atomic mass is 16.4. The summed E-state index contributed by atoms with van der Waals surface area (Å²) >= 11 is 0. The largest absolute Gasteiger partial charge is 0.480 e. The van der Waals surface area contributed by atoms with Crippen LogP contribution in [-0.2, 0) is 19.2 Å². The molecule has 1 saturated heterocycles. The minimum absolute atomic E-state index is 0.273. The second-order valence-electron chi connectivity index (χ2n) is 9.53. The highest BCUT2D eigenvalue weighted by molar-refractivity contribution is 5.95. The van der Waals surface area contributed by atoms with E-state index in [1.165, 1.54) is 11.8 Å². The molecule has 2 heterocycles. The number of carbonyl (C=O) groups is 4. The average molecular weight is 479 g/mol. The molecule has 190 valence electrons. The van der Waals surface area contributed by atoms with E-state index >= 15 is 0 Å². The maximum atomic E-state index is 13.8. The summed E-state index contributed by atoms with van der Waals surface area (Å²) < 4.78 is 5.78. The van der Waals surface area contributed by atoms with E-state index in [-0.39, 0.29) is 11.8 Å². The summed E-state index contributed by atoms with van der Waals surface area (Å²) in [5.74, 6) is -1.91. The monoisotopic (exact) mass is 478 g/mol. The number of amides is 3. The molecule has 1 aliphatic heterocycles. The first-order valence-electron chi connectivity index (χ1n) is 11.9. The van der Waals surface area contributed by atoms with Crippen LogP contribution in [0.15, 0.2) is 16.5 Å². The molecule has 0 spiro atoms. The molecule has 1 aromatic rings. The first kappa shape index (κ1) is 27.4. The summed E-state index contributed by atoms with van der Waals surface area (Å²) in [4.78, 5) is 52.6. The highest BCUT2D eigenvalue weighted by Gasteiger charge is 2.46. The normalized spacial score (nSPS) is 21.6. The first-order chi connectivity index (χ1) is 15.9. The van der Waals surface area contributed by atoms with Crippen LogP contribution in [0, 0.1) is 18.8 Å². The summed E-state index contributed by atoms with van der Waals surface area (Å²) in [6.45, 7) is 10.5. The second kappa shape index (κ2) is 11.5. The predicted molar refractivity (Wildman–Crippen MR) is 125 cm³/mol. The van der Waals surface area contributed by atoms with Crippen molar-refractivity contribution in [3.8, 4) is 0 Å². The van der Waals surface area contributed by atoms with Crippen LogP contribution >= 0.6 is 0 Å². The Morgan fingerprint density at radius 2 is 1.76 bits per heavy atom. The number of rotatable bonds is 10. The van der Waals surface area contributed by atoms with Crippen LogP contribution in [0.1, 0.15) is 71.4 Å².